The minimum absolute atomic E-state index is 0.169. The number of ether oxygens (including phenoxy) is 1. The van der Waals surface area contributed by atoms with E-state index in [1.807, 2.05) is 24.5 Å². The summed E-state index contributed by atoms with van der Waals surface area (Å²) in [6.07, 6.45) is 4.17. The molecule has 0 atom stereocenters. The van der Waals surface area contributed by atoms with Crippen LogP contribution in [0.2, 0.25) is 0 Å². The molecule has 2 nitrogen and oxygen atoms in total. The molecule has 0 bridgehead atoms. The van der Waals surface area contributed by atoms with E-state index in [0.29, 0.717) is 13.0 Å². The lowest BCUT2D eigenvalue weighted by atomic mass is 10.2. The molecule has 0 fully saturated rings. The summed E-state index contributed by atoms with van der Waals surface area (Å²) in [7, 11) is 0. The van der Waals surface area contributed by atoms with Gasteiger partial charge in [0.2, 0.25) is 0 Å². The van der Waals surface area contributed by atoms with Crippen LogP contribution in [-0.4, -0.2) is 12.6 Å². The number of carbonyl (C=O) groups is 1. The van der Waals surface area contributed by atoms with Gasteiger partial charge in [-0.3, -0.25) is 4.79 Å². The van der Waals surface area contributed by atoms with Crippen molar-refractivity contribution in [2.24, 2.45) is 0 Å². The standard InChI is InChI=1S/C11H14O2S/c1-3-13-11(12)6-4-5-10-9(2)7-8-14-10/h4-5,7-8H,3,6H2,1-2H3. The topological polar surface area (TPSA) is 26.3 Å². The van der Waals surface area contributed by atoms with Crippen LogP contribution in [0, 0.1) is 6.92 Å². The fraction of sp³-hybridized carbons (Fsp3) is 0.364. The molecule has 0 aliphatic heterocycles. The number of aryl methyl sites for hydroxylation is 1. The Morgan fingerprint density at radius 3 is 3.00 bits per heavy atom. The second-order valence-electron chi connectivity index (χ2n) is 2.88. The molecule has 0 saturated carbocycles. The van der Waals surface area contributed by atoms with Crippen LogP contribution in [0.4, 0.5) is 0 Å². The molecule has 0 spiro atoms. The maximum Gasteiger partial charge on any atom is 0.309 e. The molecule has 0 aliphatic rings. The fourth-order valence-electron chi connectivity index (χ4n) is 1.04. The molecule has 0 unspecified atom stereocenters. The molecular formula is C11H14O2S. The Bertz CT molecular complexity index is 326. The second-order valence-corrected chi connectivity index (χ2v) is 3.83. The molecule has 1 rings (SSSR count). The molecule has 0 aromatic carbocycles. The van der Waals surface area contributed by atoms with Crippen LogP contribution in [-0.2, 0) is 9.53 Å². The SMILES string of the molecule is CCOC(=O)CC=Cc1sccc1C. The van der Waals surface area contributed by atoms with E-state index in [4.69, 9.17) is 4.74 Å². The Kier molecular flexibility index (Phi) is 4.40. The first-order chi connectivity index (χ1) is 6.74. The highest BCUT2D eigenvalue weighted by Crippen LogP contribution is 2.17. The molecule has 0 saturated heterocycles. The van der Waals surface area contributed by atoms with Crippen LogP contribution in [0.25, 0.3) is 6.08 Å². The number of rotatable bonds is 4. The highest BCUT2D eigenvalue weighted by atomic mass is 32.1. The first-order valence-electron chi connectivity index (χ1n) is 4.60. The molecule has 1 aromatic rings. The molecular weight excluding hydrogens is 196 g/mol. The van der Waals surface area contributed by atoms with Crippen LogP contribution in [0.1, 0.15) is 23.8 Å². The number of hydrogen-bond donors (Lipinski definition) is 0. The van der Waals surface area contributed by atoms with E-state index in [2.05, 4.69) is 13.0 Å². The van der Waals surface area contributed by atoms with E-state index in [9.17, 15) is 4.79 Å². The Morgan fingerprint density at radius 1 is 1.64 bits per heavy atom. The summed E-state index contributed by atoms with van der Waals surface area (Å²) in [4.78, 5) is 12.2. The first-order valence-corrected chi connectivity index (χ1v) is 5.48. The highest BCUT2D eigenvalue weighted by molar-refractivity contribution is 7.11. The quantitative estimate of drug-likeness (QED) is 0.714. The van der Waals surface area contributed by atoms with Crippen LogP contribution >= 0.6 is 11.3 Å². The Labute approximate surface area is 88.2 Å². The van der Waals surface area contributed by atoms with Crippen molar-refractivity contribution in [1.29, 1.82) is 0 Å². The Balaban J connectivity index is 2.42. The predicted molar refractivity (Wildman–Crippen MR) is 59.3 cm³/mol. The van der Waals surface area contributed by atoms with Crippen molar-refractivity contribution < 1.29 is 9.53 Å². The molecule has 3 heteroatoms. The lowest BCUT2D eigenvalue weighted by molar-refractivity contribution is -0.142. The summed E-state index contributed by atoms with van der Waals surface area (Å²) in [6, 6.07) is 2.06. The van der Waals surface area contributed by atoms with Crippen molar-refractivity contribution in [3.63, 3.8) is 0 Å². The molecule has 0 amide bonds. The van der Waals surface area contributed by atoms with Gasteiger partial charge in [0.25, 0.3) is 0 Å². The maximum atomic E-state index is 11.0. The van der Waals surface area contributed by atoms with Crippen molar-refractivity contribution in [3.8, 4) is 0 Å². The molecule has 0 aliphatic carbocycles. The van der Waals surface area contributed by atoms with Crippen molar-refractivity contribution in [3.05, 3.63) is 28.0 Å². The van der Waals surface area contributed by atoms with Crippen molar-refractivity contribution in [1.82, 2.24) is 0 Å². The number of carbonyl (C=O) groups excluding carboxylic acids is 1. The van der Waals surface area contributed by atoms with E-state index >= 15 is 0 Å². The van der Waals surface area contributed by atoms with Gasteiger partial charge in [-0.2, -0.15) is 0 Å². The summed E-state index contributed by atoms with van der Waals surface area (Å²) in [5.74, 6) is -0.169. The van der Waals surface area contributed by atoms with Crippen LogP contribution in [0.5, 0.6) is 0 Å². The summed E-state index contributed by atoms with van der Waals surface area (Å²) >= 11 is 1.68. The van der Waals surface area contributed by atoms with E-state index in [1.54, 1.807) is 11.3 Å². The van der Waals surface area contributed by atoms with Crippen LogP contribution in [0.15, 0.2) is 17.5 Å². The van der Waals surface area contributed by atoms with E-state index in [0.717, 1.165) is 0 Å². The second kappa shape index (κ2) is 5.60. The zero-order valence-electron chi connectivity index (χ0n) is 8.45. The lowest BCUT2D eigenvalue weighted by Crippen LogP contribution is -2.01. The molecule has 14 heavy (non-hydrogen) atoms. The van der Waals surface area contributed by atoms with Gasteiger partial charge in [0, 0.05) is 4.88 Å². The van der Waals surface area contributed by atoms with Crippen molar-refractivity contribution in [2.45, 2.75) is 20.3 Å². The molecule has 0 radical (unpaired) electrons. The van der Waals surface area contributed by atoms with Gasteiger partial charge in [0.1, 0.15) is 0 Å². The van der Waals surface area contributed by atoms with Gasteiger partial charge in [-0.1, -0.05) is 6.08 Å². The molecule has 76 valence electrons. The Hall–Kier alpha value is -1.09. The van der Waals surface area contributed by atoms with Crippen LogP contribution < -0.4 is 0 Å². The Morgan fingerprint density at radius 2 is 2.43 bits per heavy atom. The average Bonchev–Trinajstić information content (AvgIpc) is 2.52. The van der Waals surface area contributed by atoms with Gasteiger partial charge in [-0.05, 0) is 36.9 Å². The monoisotopic (exact) mass is 210 g/mol. The number of esters is 1. The molecule has 1 heterocycles. The summed E-state index contributed by atoms with van der Waals surface area (Å²) in [5, 5.41) is 2.04. The number of thiophene rings is 1. The summed E-state index contributed by atoms with van der Waals surface area (Å²) < 4.78 is 4.80. The van der Waals surface area contributed by atoms with E-state index < -0.39 is 0 Å². The minimum atomic E-state index is -0.169. The zero-order valence-corrected chi connectivity index (χ0v) is 9.26. The maximum absolute atomic E-state index is 11.0. The van der Waals surface area contributed by atoms with Crippen molar-refractivity contribution >= 4 is 23.4 Å². The van der Waals surface area contributed by atoms with Crippen molar-refractivity contribution in [2.75, 3.05) is 6.61 Å². The van der Waals surface area contributed by atoms with Gasteiger partial charge >= 0.3 is 5.97 Å². The van der Waals surface area contributed by atoms with Crippen LogP contribution in [0.3, 0.4) is 0 Å². The minimum Gasteiger partial charge on any atom is -0.466 e. The van der Waals surface area contributed by atoms with Gasteiger partial charge in [0.05, 0.1) is 13.0 Å². The summed E-state index contributed by atoms with van der Waals surface area (Å²) in [5.41, 5.74) is 1.25. The first kappa shape index (κ1) is 11.0. The fourth-order valence-corrected chi connectivity index (χ4v) is 1.88. The van der Waals surface area contributed by atoms with Gasteiger partial charge in [-0.15, -0.1) is 11.3 Å². The molecule has 0 N–H and O–H groups in total. The van der Waals surface area contributed by atoms with Gasteiger partial charge < -0.3 is 4.74 Å². The highest BCUT2D eigenvalue weighted by Gasteiger charge is 1.97. The lowest BCUT2D eigenvalue weighted by Gasteiger charge is -1.96. The zero-order chi connectivity index (χ0) is 10.4. The molecule has 1 aromatic heterocycles. The predicted octanol–water partition coefficient (Wildman–Crippen LogP) is 3.02. The van der Waals surface area contributed by atoms with E-state index in [-0.39, 0.29) is 5.97 Å². The third-order valence-corrected chi connectivity index (χ3v) is 2.74. The third-order valence-electron chi connectivity index (χ3n) is 1.76. The largest absolute Gasteiger partial charge is 0.466 e. The number of hydrogen-bond acceptors (Lipinski definition) is 3. The average molecular weight is 210 g/mol. The smallest absolute Gasteiger partial charge is 0.309 e. The summed E-state index contributed by atoms with van der Waals surface area (Å²) in [6.45, 7) is 4.32. The van der Waals surface area contributed by atoms with E-state index in [1.165, 1.54) is 10.4 Å². The van der Waals surface area contributed by atoms with Gasteiger partial charge in [-0.25, -0.2) is 0 Å². The third kappa shape index (κ3) is 3.34. The van der Waals surface area contributed by atoms with Gasteiger partial charge in [0.15, 0.2) is 0 Å². The normalized spacial score (nSPS) is 10.7.